The number of para-hydroxylation sites is 1. The first kappa shape index (κ1) is 19.9. The van der Waals surface area contributed by atoms with Gasteiger partial charge in [0.25, 0.3) is 11.8 Å². The maximum Gasteiger partial charge on any atom is 0.416 e. The Morgan fingerprint density at radius 2 is 1.72 bits per heavy atom. The van der Waals surface area contributed by atoms with Crippen LogP contribution in [0.25, 0.3) is 0 Å². The molecule has 0 bridgehead atoms. The number of ether oxygens (including phenoxy) is 1. The number of rotatable bonds is 3. The van der Waals surface area contributed by atoms with Crippen molar-refractivity contribution in [1.82, 2.24) is 10.2 Å². The number of amides is 4. The van der Waals surface area contributed by atoms with Crippen LogP contribution in [0.4, 0.5) is 10.5 Å². The molecule has 2 aromatic carbocycles. The van der Waals surface area contributed by atoms with Crippen molar-refractivity contribution in [3.63, 3.8) is 0 Å². The summed E-state index contributed by atoms with van der Waals surface area (Å²) in [6.07, 6.45) is -0.758. The zero-order chi connectivity index (χ0) is 22.5. The van der Waals surface area contributed by atoms with Gasteiger partial charge in [0.15, 0.2) is 5.41 Å². The van der Waals surface area contributed by atoms with E-state index in [4.69, 9.17) is 4.74 Å². The molecule has 3 aliphatic heterocycles. The topological polar surface area (TPSA) is 108 Å². The number of benzene rings is 2. The molecule has 3 heterocycles. The van der Waals surface area contributed by atoms with E-state index in [1.54, 1.807) is 55.5 Å². The van der Waals surface area contributed by atoms with Crippen molar-refractivity contribution >= 4 is 35.2 Å². The smallest absolute Gasteiger partial charge is 0.416 e. The lowest BCUT2D eigenvalue weighted by Crippen LogP contribution is -2.49. The third-order valence-corrected chi connectivity index (χ3v) is 6.25. The fraction of sp³-hybridized carbons (Fsp3) is 0.261. The molecule has 4 amide bonds. The molecule has 32 heavy (non-hydrogen) atoms. The quantitative estimate of drug-likeness (QED) is 0.742. The van der Waals surface area contributed by atoms with Crippen LogP contribution >= 0.6 is 0 Å². The van der Waals surface area contributed by atoms with Gasteiger partial charge >= 0.3 is 6.09 Å². The van der Waals surface area contributed by atoms with Crippen LogP contribution in [0.1, 0.15) is 18.4 Å². The zero-order valence-corrected chi connectivity index (χ0v) is 17.2. The van der Waals surface area contributed by atoms with Crippen molar-refractivity contribution in [3.05, 3.63) is 66.2 Å². The van der Waals surface area contributed by atoms with Crippen molar-refractivity contribution in [2.75, 3.05) is 18.2 Å². The lowest BCUT2D eigenvalue weighted by atomic mass is 9.68. The van der Waals surface area contributed by atoms with Crippen LogP contribution < -0.4 is 10.3 Å². The SMILES string of the molecule is CC1=NN(c2ccccc2)C(=O)[C@@]12C(=O)N[C@H](C(=O)N1CCOC1=O)[C@@H]2c1ccccc1. The number of nitrogens with zero attached hydrogens (tertiary/aromatic N) is 3. The Kier molecular flexibility index (Phi) is 4.54. The van der Waals surface area contributed by atoms with Crippen molar-refractivity contribution in [2.24, 2.45) is 10.5 Å². The van der Waals surface area contributed by atoms with Gasteiger partial charge in [0.1, 0.15) is 12.6 Å². The number of anilines is 1. The van der Waals surface area contributed by atoms with Gasteiger partial charge in [0.05, 0.1) is 17.9 Å². The number of nitrogens with one attached hydrogen (secondary N) is 1. The summed E-state index contributed by atoms with van der Waals surface area (Å²) in [5, 5.41) is 8.34. The second-order valence-electron chi connectivity index (χ2n) is 7.89. The molecular formula is C23H20N4O5. The third kappa shape index (κ3) is 2.67. The van der Waals surface area contributed by atoms with Gasteiger partial charge in [0.2, 0.25) is 5.91 Å². The molecule has 0 saturated carbocycles. The van der Waals surface area contributed by atoms with Crippen molar-refractivity contribution in [3.8, 4) is 0 Å². The Hall–Kier alpha value is -4.01. The van der Waals surface area contributed by atoms with E-state index in [1.165, 1.54) is 5.01 Å². The minimum atomic E-state index is -1.71. The standard InChI is InChI=1S/C23H20N4O5/c1-14-23(21(30)27(25-14)16-10-6-3-7-11-16)17(15-8-4-2-5-9-15)18(24-20(23)29)19(28)26-12-13-32-22(26)31/h2-11,17-18H,12-13H2,1H3,(H,24,29)/t17-,18-,23-/m0/s1. The van der Waals surface area contributed by atoms with Crippen molar-refractivity contribution < 1.29 is 23.9 Å². The number of hydrogen-bond acceptors (Lipinski definition) is 6. The minimum Gasteiger partial charge on any atom is -0.447 e. The Labute approximate surface area is 183 Å². The number of cyclic esters (lactones) is 1. The molecule has 162 valence electrons. The van der Waals surface area contributed by atoms with Gasteiger partial charge in [-0.1, -0.05) is 48.5 Å². The highest BCUT2D eigenvalue weighted by Gasteiger charge is 2.68. The third-order valence-electron chi connectivity index (χ3n) is 6.25. The molecule has 3 atom stereocenters. The molecule has 0 radical (unpaired) electrons. The number of hydrogen-bond donors (Lipinski definition) is 1. The van der Waals surface area contributed by atoms with E-state index in [2.05, 4.69) is 10.4 Å². The molecule has 1 spiro atoms. The molecule has 9 heteroatoms. The Balaban J connectivity index is 1.63. The van der Waals surface area contributed by atoms with E-state index >= 15 is 0 Å². The number of hydrazone groups is 1. The number of imide groups is 1. The van der Waals surface area contributed by atoms with E-state index in [0.29, 0.717) is 11.3 Å². The van der Waals surface area contributed by atoms with Crippen LogP contribution in [0.3, 0.4) is 0 Å². The summed E-state index contributed by atoms with van der Waals surface area (Å²) >= 11 is 0. The van der Waals surface area contributed by atoms with Gasteiger partial charge in [0, 0.05) is 5.92 Å². The van der Waals surface area contributed by atoms with Crippen LogP contribution in [0.5, 0.6) is 0 Å². The Bertz CT molecular complexity index is 1150. The van der Waals surface area contributed by atoms with Crippen LogP contribution in [-0.2, 0) is 19.1 Å². The molecule has 2 fully saturated rings. The average molecular weight is 432 g/mol. The number of carbonyl (C=O) groups is 4. The van der Waals surface area contributed by atoms with Gasteiger partial charge in [-0.15, -0.1) is 0 Å². The van der Waals surface area contributed by atoms with E-state index in [1.807, 2.05) is 12.1 Å². The second-order valence-corrected chi connectivity index (χ2v) is 7.89. The fourth-order valence-corrected chi connectivity index (χ4v) is 4.76. The number of carbonyl (C=O) groups excluding carboxylic acids is 4. The lowest BCUT2D eigenvalue weighted by molar-refractivity contribution is -0.135. The predicted molar refractivity (Wildman–Crippen MR) is 114 cm³/mol. The van der Waals surface area contributed by atoms with Crippen molar-refractivity contribution in [2.45, 2.75) is 18.9 Å². The summed E-state index contributed by atoms with van der Waals surface area (Å²) in [6.45, 7) is 1.80. The van der Waals surface area contributed by atoms with Crippen LogP contribution in [0.2, 0.25) is 0 Å². The normalized spacial score (nSPS) is 27.0. The maximum absolute atomic E-state index is 13.8. The fourth-order valence-electron chi connectivity index (χ4n) is 4.76. The average Bonchev–Trinajstić information content (AvgIpc) is 3.46. The zero-order valence-electron chi connectivity index (χ0n) is 17.2. The highest BCUT2D eigenvalue weighted by molar-refractivity contribution is 6.33. The largest absolute Gasteiger partial charge is 0.447 e. The Morgan fingerprint density at radius 3 is 2.34 bits per heavy atom. The van der Waals surface area contributed by atoms with E-state index in [9.17, 15) is 19.2 Å². The molecule has 3 aliphatic rings. The summed E-state index contributed by atoms with van der Waals surface area (Å²) in [5.41, 5.74) is -0.279. The van der Waals surface area contributed by atoms with Crippen LogP contribution in [0.15, 0.2) is 65.8 Å². The van der Waals surface area contributed by atoms with Gasteiger partial charge in [-0.2, -0.15) is 10.1 Å². The maximum atomic E-state index is 13.8. The molecule has 0 aromatic heterocycles. The molecule has 9 nitrogen and oxygen atoms in total. The molecule has 5 rings (SSSR count). The Morgan fingerprint density at radius 1 is 1.06 bits per heavy atom. The lowest BCUT2D eigenvalue weighted by Gasteiger charge is -2.30. The molecular weight excluding hydrogens is 412 g/mol. The summed E-state index contributed by atoms with van der Waals surface area (Å²) in [6, 6.07) is 16.6. The van der Waals surface area contributed by atoms with E-state index in [-0.39, 0.29) is 18.9 Å². The van der Waals surface area contributed by atoms with E-state index < -0.39 is 41.2 Å². The predicted octanol–water partition coefficient (Wildman–Crippen LogP) is 1.66. The minimum absolute atomic E-state index is 0.0909. The van der Waals surface area contributed by atoms with Crippen LogP contribution in [0, 0.1) is 5.41 Å². The van der Waals surface area contributed by atoms with Gasteiger partial charge in [-0.3, -0.25) is 14.4 Å². The highest BCUT2D eigenvalue weighted by atomic mass is 16.6. The molecule has 1 N–H and O–H groups in total. The second kappa shape index (κ2) is 7.30. The first-order valence-electron chi connectivity index (χ1n) is 10.3. The van der Waals surface area contributed by atoms with Crippen LogP contribution in [-0.4, -0.2) is 53.6 Å². The first-order chi connectivity index (χ1) is 15.5. The molecule has 2 saturated heterocycles. The molecule has 0 unspecified atom stereocenters. The summed E-state index contributed by atoms with van der Waals surface area (Å²) in [4.78, 5) is 53.6. The first-order valence-corrected chi connectivity index (χ1v) is 10.3. The van der Waals surface area contributed by atoms with Crippen molar-refractivity contribution in [1.29, 1.82) is 0 Å². The summed E-state index contributed by atoms with van der Waals surface area (Å²) in [5.74, 6) is -2.64. The highest BCUT2D eigenvalue weighted by Crippen LogP contribution is 2.50. The summed E-state index contributed by atoms with van der Waals surface area (Å²) in [7, 11) is 0. The van der Waals surface area contributed by atoms with E-state index in [0.717, 1.165) is 4.90 Å². The van der Waals surface area contributed by atoms with Gasteiger partial charge < -0.3 is 10.1 Å². The summed E-state index contributed by atoms with van der Waals surface area (Å²) < 4.78 is 4.90. The monoisotopic (exact) mass is 432 g/mol. The molecule has 0 aliphatic carbocycles. The van der Waals surface area contributed by atoms with Gasteiger partial charge in [-0.05, 0) is 24.6 Å². The molecule has 2 aromatic rings. The van der Waals surface area contributed by atoms with Gasteiger partial charge in [-0.25, -0.2) is 9.69 Å².